The number of carbonyl (C=O) groups is 1. The number of hydrogen-bond acceptors (Lipinski definition) is 2. The normalized spacial score (nSPS) is 10.3. The number of aromatic amines is 1. The number of nitrogens with one attached hydrogen (secondary N) is 2. The summed E-state index contributed by atoms with van der Waals surface area (Å²) >= 11 is 0. The standard InChI is InChI=1S/C10H12N4O/c1-7-5-8(6-12-7)13-10(15)9-11-3-4-14(9)2/h3-6,12H,1-2H3,(H,13,15). The molecule has 0 atom stereocenters. The van der Waals surface area contributed by atoms with Crippen LogP contribution in [0.15, 0.2) is 24.7 Å². The summed E-state index contributed by atoms with van der Waals surface area (Å²) in [7, 11) is 1.78. The maximum absolute atomic E-state index is 11.7. The maximum Gasteiger partial charge on any atom is 0.291 e. The van der Waals surface area contributed by atoms with Gasteiger partial charge in [-0.2, -0.15) is 0 Å². The Bertz CT molecular complexity index is 483. The van der Waals surface area contributed by atoms with Gasteiger partial charge in [0.05, 0.1) is 5.69 Å². The zero-order valence-electron chi connectivity index (χ0n) is 8.61. The molecule has 2 rings (SSSR count). The first-order chi connectivity index (χ1) is 7.16. The van der Waals surface area contributed by atoms with Gasteiger partial charge in [0.2, 0.25) is 0 Å². The van der Waals surface area contributed by atoms with Gasteiger partial charge < -0.3 is 14.9 Å². The van der Waals surface area contributed by atoms with Crippen molar-refractivity contribution in [3.8, 4) is 0 Å². The van der Waals surface area contributed by atoms with Crippen molar-refractivity contribution in [2.75, 3.05) is 5.32 Å². The van der Waals surface area contributed by atoms with Crippen LogP contribution in [-0.4, -0.2) is 20.4 Å². The van der Waals surface area contributed by atoms with Crippen molar-refractivity contribution < 1.29 is 4.79 Å². The Kier molecular flexibility index (Phi) is 2.29. The van der Waals surface area contributed by atoms with Crippen molar-refractivity contribution in [1.29, 1.82) is 0 Å². The van der Waals surface area contributed by atoms with Gasteiger partial charge in [0.25, 0.3) is 5.91 Å². The third-order valence-corrected chi connectivity index (χ3v) is 2.11. The minimum atomic E-state index is -0.207. The van der Waals surface area contributed by atoms with E-state index in [1.807, 2.05) is 13.0 Å². The molecule has 0 unspecified atom stereocenters. The molecule has 2 heterocycles. The average molecular weight is 204 g/mol. The van der Waals surface area contributed by atoms with E-state index in [2.05, 4.69) is 15.3 Å². The second-order valence-corrected chi connectivity index (χ2v) is 3.39. The van der Waals surface area contributed by atoms with Crippen LogP contribution in [-0.2, 0) is 7.05 Å². The van der Waals surface area contributed by atoms with Crippen molar-refractivity contribution in [1.82, 2.24) is 14.5 Å². The Morgan fingerprint density at radius 1 is 1.60 bits per heavy atom. The van der Waals surface area contributed by atoms with Crippen LogP contribution >= 0.6 is 0 Å². The quantitative estimate of drug-likeness (QED) is 0.774. The summed E-state index contributed by atoms with van der Waals surface area (Å²) in [6.45, 7) is 1.93. The molecule has 0 saturated carbocycles. The Morgan fingerprint density at radius 2 is 2.40 bits per heavy atom. The van der Waals surface area contributed by atoms with E-state index >= 15 is 0 Å². The van der Waals surface area contributed by atoms with Crippen LogP contribution in [0.3, 0.4) is 0 Å². The minimum Gasteiger partial charge on any atom is -0.363 e. The van der Waals surface area contributed by atoms with Crippen LogP contribution in [0.5, 0.6) is 0 Å². The fraction of sp³-hybridized carbons (Fsp3) is 0.200. The van der Waals surface area contributed by atoms with Crippen molar-refractivity contribution in [3.05, 3.63) is 36.2 Å². The Hall–Kier alpha value is -2.04. The van der Waals surface area contributed by atoms with Gasteiger partial charge in [-0.3, -0.25) is 4.79 Å². The van der Waals surface area contributed by atoms with E-state index in [1.54, 1.807) is 30.2 Å². The zero-order chi connectivity index (χ0) is 10.8. The highest BCUT2D eigenvalue weighted by atomic mass is 16.2. The lowest BCUT2D eigenvalue weighted by molar-refractivity contribution is 0.101. The first kappa shape index (κ1) is 9.51. The van der Waals surface area contributed by atoms with E-state index in [0.717, 1.165) is 11.4 Å². The molecule has 78 valence electrons. The van der Waals surface area contributed by atoms with E-state index in [-0.39, 0.29) is 5.91 Å². The molecule has 0 radical (unpaired) electrons. The molecule has 0 aliphatic rings. The van der Waals surface area contributed by atoms with Crippen molar-refractivity contribution in [2.24, 2.45) is 7.05 Å². The summed E-state index contributed by atoms with van der Waals surface area (Å²) in [5.74, 6) is 0.190. The number of rotatable bonds is 2. The maximum atomic E-state index is 11.7. The van der Waals surface area contributed by atoms with E-state index in [9.17, 15) is 4.79 Å². The topological polar surface area (TPSA) is 62.7 Å². The average Bonchev–Trinajstić information content (AvgIpc) is 2.75. The molecule has 1 amide bonds. The van der Waals surface area contributed by atoms with Gasteiger partial charge in [-0.15, -0.1) is 0 Å². The fourth-order valence-corrected chi connectivity index (χ4v) is 1.35. The van der Waals surface area contributed by atoms with E-state index in [1.165, 1.54) is 0 Å². The Balaban J connectivity index is 2.14. The number of aryl methyl sites for hydroxylation is 2. The molecule has 0 aliphatic carbocycles. The second kappa shape index (κ2) is 3.61. The molecule has 5 nitrogen and oxygen atoms in total. The highest BCUT2D eigenvalue weighted by Gasteiger charge is 2.10. The highest BCUT2D eigenvalue weighted by molar-refractivity contribution is 6.01. The van der Waals surface area contributed by atoms with Crippen LogP contribution in [0, 0.1) is 6.92 Å². The lowest BCUT2D eigenvalue weighted by Crippen LogP contribution is -2.16. The van der Waals surface area contributed by atoms with Crippen LogP contribution in [0.25, 0.3) is 0 Å². The van der Waals surface area contributed by atoms with Crippen LogP contribution in [0.2, 0.25) is 0 Å². The largest absolute Gasteiger partial charge is 0.363 e. The van der Waals surface area contributed by atoms with Crippen molar-refractivity contribution in [3.63, 3.8) is 0 Å². The third kappa shape index (κ3) is 1.90. The van der Waals surface area contributed by atoms with Crippen LogP contribution in [0.4, 0.5) is 5.69 Å². The number of carbonyl (C=O) groups excluding carboxylic acids is 1. The van der Waals surface area contributed by atoms with E-state index < -0.39 is 0 Å². The molecule has 2 aromatic rings. The first-order valence-corrected chi connectivity index (χ1v) is 4.60. The van der Waals surface area contributed by atoms with Crippen LogP contribution in [0.1, 0.15) is 16.3 Å². The molecule has 0 bridgehead atoms. The number of amides is 1. The molecular weight excluding hydrogens is 192 g/mol. The third-order valence-electron chi connectivity index (χ3n) is 2.11. The summed E-state index contributed by atoms with van der Waals surface area (Å²) in [5.41, 5.74) is 1.76. The molecule has 0 saturated heterocycles. The van der Waals surface area contributed by atoms with Gasteiger partial charge in [0.15, 0.2) is 5.82 Å². The minimum absolute atomic E-state index is 0.207. The number of H-pyrrole nitrogens is 1. The number of hydrogen-bond donors (Lipinski definition) is 2. The second-order valence-electron chi connectivity index (χ2n) is 3.39. The molecule has 2 N–H and O–H groups in total. The van der Waals surface area contributed by atoms with Crippen LogP contribution < -0.4 is 5.32 Å². The SMILES string of the molecule is Cc1cc(NC(=O)c2nccn2C)c[nH]1. The van der Waals surface area contributed by atoms with E-state index in [0.29, 0.717) is 5.82 Å². The number of anilines is 1. The predicted molar refractivity (Wildman–Crippen MR) is 56.7 cm³/mol. The molecule has 2 aromatic heterocycles. The summed E-state index contributed by atoms with van der Waals surface area (Å²) in [6, 6.07) is 1.86. The fourth-order valence-electron chi connectivity index (χ4n) is 1.35. The summed E-state index contributed by atoms with van der Waals surface area (Å²) in [4.78, 5) is 18.6. The Labute approximate surface area is 87.1 Å². The lowest BCUT2D eigenvalue weighted by Gasteiger charge is -2.01. The number of imidazole rings is 1. The van der Waals surface area contributed by atoms with Crippen molar-refractivity contribution in [2.45, 2.75) is 6.92 Å². The van der Waals surface area contributed by atoms with Gasteiger partial charge >= 0.3 is 0 Å². The number of nitrogens with zero attached hydrogens (tertiary/aromatic N) is 2. The Morgan fingerprint density at radius 3 is 2.93 bits per heavy atom. The molecular formula is C10H12N4O. The van der Waals surface area contributed by atoms with E-state index in [4.69, 9.17) is 0 Å². The van der Waals surface area contributed by atoms with Gasteiger partial charge in [-0.1, -0.05) is 0 Å². The van der Waals surface area contributed by atoms with Gasteiger partial charge in [0, 0.05) is 31.3 Å². The van der Waals surface area contributed by atoms with Gasteiger partial charge in [0.1, 0.15) is 0 Å². The molecule has 0 aliphatic heterocycles. The molecule has 5 heteroatoms. The zero-order valence-corrected chi connectivity index (χ0v) is 8.61. The molecule has 0 spiro atoms. The van der Waals surface area contributed by atoms with Crippen molar-refractivity contribution >= 4 is 11.6 Å². The summed E-state index contributed by atoms with van der Waals surface area (Å²) in [5, 5.41) is 2.75. The molecule has 0 fully saturated rings. The molecule has 15 heavy (non-hydrogen) atoms. The number of aromatic nitrogens is 3. The summed E-state index contributed by atoms with van der Waals surface area (Å²) in [6.07, 6.45) is 5.07. The smallest absolute Gasteiger partial charge is 0.291 e. The summed E-state index contributed by atoms with van der Waals surface area (Å²) < 4.78 is 1.68. The van der Waals surface area contributed by atoms with Gasteiger partial charge in [-0.25, -0.2) is 4.98 Å². The highest BCUT2D eigenvalue weighted by Crippen LogP contribution is 2.09. The predicted octanol–water partition coefficient (Wildman–Crippen LogP) is 1.31. The molecule has 0 aromatic carbocycles. The first-order valence-electron chi connectivity index (χ1n) is 4.60. The monoisotopic (exact) mass is 204 g/mol. The lowest BCUT2D eigenvalue weighted by atomic mass is 10.4. The van der Waals surface area contributed by atoms with Gasteiger partial charge in [-0.05, 0) is 13.0 Å².